The molecule has 0 saturated heterocycles. The van der Waals surface area contributed by atoms with Gasteiger partial charge in [0, 0.05) is 44.0 Å². The molecule has 0 aliphatic carbocycles. The number of halogens is 1. The van der Waals surface area contributed by atoms with Crippen molar-refractivity contribution >= 4 is 47.2 Å². The molecule has 2 rings (SSSR count). The minimum atomic E-state index is 0. The minimum Gasteiger partial charge on any atom is -0.356 e. The van der Waals surface area contributed by atoms with Crippen molar-refractivity contribution in [2.24, 2.45) is 4.99 Å². The van der Waals surface area contributed by atoms with Crippen molar-refractivity contribution in [1.82, 2.24) is 15.5 Å². The number of nitrogens with zero attached hydrogens (tertiary/aromatic N) is 2. The largest absolute Gasteiger partial charge is 0.356 e. The molecule has 124 valence electrons. The molecule has 1 aliphatic heterocycles. The molecule has 0 fully saturated rings. The van der Waals surface area contributed by atoms with Crippen LogP contribution in [0.15, 0.2) is 16.4 Å². The summed E-state index contributed by atoms with van der Waals surface area (Å²) in [6, 6.07) is 2.46. The lowest BCUT2D eigenvalue weighted by Gasteiger charge is -2.27. The first-order chi connectivity index (χ1) is 10.1. The standard InChI is InChI=1S/C15H24N4OS.HI/c1-11(2)18-15(16-3)17-7-4-14(20)19-8-5-13-12(10-19)6-9-21-13;/h6,9,11H,4-5,7-8,10H2,1-3H3,(H2,16,17,18);1H. The Labute approximate surface area is 153 Å². The highest BCUT2D eigenvalue weighted by Crippen LogP contribution is 2.24. The van der Waals surface area contributed by atoms with Gasteiger partial charge in [0.1, 0.15) is 0 Å². The van der Waals surface area contributed by atoms with Crippen LogP contribution in [0.1, 0.15) is 30.7 Å². The van der Waals surface area contributed by atoms with Crippen LogP contribution in [0.5, 0.6) is 0 Å². The number of hydrogen-bond acceptors (Lipinski definition) is 3. The summed E-state index contributed by atoms with van der Waals surface area (Å²) in [5.41, 5.74) is 1.31. The molecule has 1 aliphatic rings. The van der Waals surface area contributed by atoms with Crippen LogP contribution in [-0.2, 0) is 17.8 Å². The second kappa shape index (κ2) is 9.34. The third kappa shape index (κ3) is 5.42. The molecule has 2 N–H and O–H groups in total. The Hall–Kier alpha value is -0.830. The molecule has 0 spiro atoms. The van der Waals surface area contributed by atoms with Crippen LogP contribution < -0.4 is 10.6 Å². The molecule has 0 radical (unpaired) electrons. The highest BCUT2D eigenvalue weighted by Gasteiger charge is 2.20. The van der Waals surface area contributed by atoms with Crippen LogP contribution in [0, 0.1) is 0 Å². The summed E-state index contributed by atoms with van der Waals surface area (Å²) in [6.07, 6.45) is 1.49. The Kier molecular flexibility index (Phi) is 8.16. The van der Waals surface area contributed by atoms with Crippen molar-refractivity contribution in [3.05, 3.63) is 21.9 Å². The molecule has 1 aromatic rings. The van der Waals surface area contributed by atoms with Gasteiger partial charge in [0.2, 0.25) is 5.91 Å². The fourth-order valence-corrected chi connectivity index (χ4v) is 3.27. The smallest absolute Gasteiger partial charge is 0.224 e. The van der Waals surface area contributed by atoms with Crippen LogP contribution in [-0.4, -0.2) is 42.9 Å². The van der Waals surface area contributed by atoms with Crippen LogP contribution in [0.4, 0.5) is 0 Å². The van der Waals surface area contributed by atoms with Crippen molar-refractivity contribution in [1.29, 1.82) is 0 Å². The van der Waals surface area contributed by atoms with Crippen LogP contribution in [0.2, 0.25) is 0 Å². The Morgan fingerprint density at radius 1 is 1.50 bits per heavy atom. The molecule has 22 heavy (non-hydrogen) atoms. The van der Waals surface area contributed by atoms with E-state index >= 15 is 0 Å². The summed E-state index contributed by atoms with van der Waals surface area (Å²) in [6.45, 7) is 6.33. The first-order valence-corrected chi connectivity index (χ1v) is 8.28. The van der Waals surface area contributed by atoms with Gasteiger partial charge in [0.15, 0.2) is 5.96 Å². The molecular weight excluding hydrogens is 411 g/mol. The Morgan fingerprint density at radius 2 is 2.27 bits per heavy atom. The summed E-state index contributed by atoms with van der Waals surface area (Å²) in [7, 11) is 1.74. The number of carbonyl (C=O) groups is 1. The fourth-order valence-electron chi connectivity index (χ4n) is 2.38. The van der Waals surface area contributed by atoms with Crippen LogP contribution in [0.3, 0.4) is 0 Å². The number of hydrogen-bond donors (Lipinski definition) is 2. The van der Waals surface area contributed by atoms with E-state index in [2.05, 4.69) is 40.9 Å². The van der Waals surface area contributed by atoms with Gasteiger partial charge in [-0.15, -0.1) is 35.3 Å². The molecule has 7 heteroatoms. The Morgan fingerprint density at radius 3 is 2.95 bits per heavy atom. The van der Waals surface area contributed by atoms with Gasteiger partial charge in [0.05, 0.1) is 0 Å². The first kappa shape index (κ1) is 19.2. The number of amides is 1. The first-order valence-electron chi connectivity index (χ1n) is 7.40. The third-order valence-electron chi connectivity index (χ3n) is 3.44. The van der Waals surface area contributed by atoms with E-state index in [-0.39, 0.29) is 29.9 Å². The third-order valence-corrected chi connectivity index (χ3v) is 4.46. The van der Waals surface area contributed by atoms with Crippen molar-refractivity contribution in [2.45, 2.75) is 39.3 Å². The maximum atomic E-state index is 12.3. The molecule has 0 saturated carbocycles. The molecule has 1 aromatic heterocycles. The van der Waals surface area contributed by atoms with Crippen molar-refractivity contribution in [3.63, 3.8) is 0 Å². The summed E-state index contributed by atoms with van der Waals surface area (Å²) >= 11 is 1.80. The van der Waals surface area contributed by atoms with E-state index in [0.29, 0.717) is 19.0 Å². The van der Waals surface area contributed by atoms with Crippen LogP contribution in [0.25, 0.3) is 0 Å². The van der Waals surface area contributed by atoms with E-state index in [4.69, 9.17) is 0 Å². The number of nitrogens with one attached hydrogen (secondary N) is 2. The van der Waals surface area contributed by atoms with E-state index in [1.165, 1.54) is 10.4 Å². The Balaban J connectivity index is 0.00000242. The quantitative estimate of drug-likeness (QED) is 0.433. The van der Waals surface area contributed by atoms with E-state index < -0.39 is 0 Å². The molecule has 2 heterocycles. The second-order valence-electron chi connectivity index (χ2n) is 5.48. The predicted molar refractivity (Wildman–Crippen MR) is 103 cm³/mol. The molecule has 0 unspecified atom stereocenters. The van der Waals surface area contributed by atoms with E-state index in [1.54, 1.807) is 18.4 Å². The van der Waals surface area contributed by atoms with Crippen molar-refractivity contribution in [3.8, 4) is 0 Å². The second-order valence-corrected chi connectivity index (χ2v) is 6.48. The van der Waals surface area contributed by atoms with Gasteiger partial charge in [-0.25, -0.2) is 0 Å². The number of thiophene rings is 1. The lowest BCUT2D eigenvalue weighted by molar-refractivity contribution is -0.131. The van der Waals surface area contributed by atoms with Gasteiger partial charge in [-0.1, -0.05) is 0 Å². The van der Waals surface area contributed by atoms with Gasteiger partial charge in [0.25, 0.3) is 0 Å². The number of guanidine groups is 1. The molecular formula is C15H25IN4OS. The van der Waals surface area contributed by atoms with E-state index in [0.717, 1.165) is 25.5 Å². The van der Waals surface area contributed by atoms with Gasteiger partial charge < -0.3 is 15.5 Å². The molecule has 1 amide bonds. The van der Waals surface area contributed by atoms with Gasteiger partial charge in [-0.05, 0) is 37.3 Å². The van der Waals surface area contributed by atoms with Gasteiger partial charge in [-0.2, -0.15) is 0 Å². The molecule has 0 bridgehead atoms. The maximum Gasteiger partial charge on any atom is 0.224 e. The zero-order chi connectivity index (χ0) is 15.2. The average molecular weight is 436 g/mol. The van der Waals surface area contributed by atoms with E-state index in [9.17, 15) is 4.79 Å². The number of carbonyl (C=O) groups excluding carboxylic acids is 1. The average Bonchev–Trinajstić information content (AvgIpc) is 2.92. The number of rotatable bonds is 4. The lowest BCUT2D eigenvalue weighted by atomic mass is 10.1. The fraction of sp³-hybridized carbons (Fsp3) is 0.600. The van der Waals surface area contributed by atoms with Crippen molar-refractivity contribution in [2.75, 3.05) is 20.1 Å². The van der Waals surface area contributed by atoms with E-state index in [1.807, 2.05) is 4.90 Å². The van der Waals surface area contributed by atoms with Crippen molar-refractivity contribution < 1.29 is 4.79 Å². The Bertz CT molecular complexity index is 515. The lowest BCUT2D eigenvalue weighted by Crippen LogP contribution is -2.43. The molecule has 0 aromatic carbocycles. The van der Waals surface area contributed by atoms with Gasteiger partial charge in [-0.3, -0.25) is 9.79 Å². The van der Waals surface area contributed by atoms with Gasteiger partial charge >= 0.3 is 0 Å². The SMILES string of the molecule is CN=C(NCCC(=O)N1CCc2sccc2C1)NC(C)C.I. The summed E-state index contributed by atoms with van der Waals surface area (Å²) in [4.78, 5) is 19.8. The minimum absolute atomic E-state index is 0. The zero-order valence-corrected chi connectivity index (χ0v) is 16.5. The number of fused-ring (bicyclic) bond motifs is 1. The topological polar surface area (TPSA) is 56.7 Å². The predicted octanol–water partition coefficient (Wildman–Crippen LogP) is 2.21. The summed E-state index contributed by atoms with van der Waals surface area (Å²) in [5.74, 6) is 0.955. The highest BCUT2D eigenvalue weighted by atomic mass is 127. The monoisotopic (exact) mass is 436 g/mol. The number of aliphatic imine (C=N–C) groups is 1. The normalized spacial score (nSPS) is 14.4. The van der Waals surface area contributed by atoms with Crippen LogP contribution >= 0.6 is 35.3 Å². The summed E-state index contributed by atoms with van der Waals surface area (Å²) < 4.78 is 0. The molecule has 0 atom stereocenters. The molecule has 5 nitrogen and oxygen atoms in total. The highest BCUT2D eigenvalue weighted by molar-refractivity contribution is 14.0. The zero-order valence-electron chi connectivity index (χ0n) is 13.4. The summed E-state index contributed by atoms with van der Waals surface area (Å²) in [5, 5.41) is 8.50. The maximum absolute atomic E-state index is 12.3.